The molecule has 0 fully saturated rings. The van der Waals surface area contributed by atoms with Gasteiger partial charge in [-0.25, -0.2) is 10.0 Å². The highest BCUT2D eigenvalue weighted by Gasteiger charge is 2.52. The summed E-state index contributed by atoms with van der Waals surface area (Å²) >= 11 is 0. The highest BCUT2D eigenvalue weighted by molar-refractivity contribution is 5.99. The number of hydrogen-bond donors (Lipinski definition) is 1. The second kappa shape index (κ2) is 11.8. The molecular formula is C30H36F3N3O4. The molecular weight excluding hydrogens is 523 g/mol. The van der Waals surface area contributed by atoms with E-state index in [1.807, 2.05) is 0 Å². The number of alkyl halides is 3. The first kappa shape index (κ1) is 30.9. The molecule has 1 aliphatic heterocycles. The van der Waals surface area contributed by atoms with Crippen LogP contribution >= 0.6 is 0 Å². The number of carbonyl (C=O) groups is 3. The van der Waals surface area contributed by atoms with Crippen molar-refractivity contribution < 1.29 is 32.7 Å². The normalized spacial score (nSPS) is 17.9. The topological polar surface area (TPSA) is 81.2 Å². The number of hydrazine groups is 1. The molecule has 0 saturated carbocycles. The Kier molecular flexibility index (Phi) is 9.14. The van der Waals surface area contributed by atoms with Gasteiger partial charge in [0.05, 0.1) is 11.7 Å². The van der Waals surface area contributed by atoms with Crippen LogP contribution in [-0.4, -0.2) is 62.1 Å². The summed E-state index contributed by atoms with van der Waals surface area (Å²) < 4.78 is 42.2. The molecule has 0 aromatic heterocycles. The predicted octanol–water partition coefficient (Wildman–Crippen LogP) is 5.02. The molecule has 0 radical (unpaired) electrons. The van der Waals surface area contributed by atoms with Gasteiger partial charge < -0.3 is 10.0 Å². The molecule has 2 aromatic carbocycles. The summed E-state index contributed by atoms with van der Waals surface area (Å²) in [6.45, 7) is 9.60. The Balaban J connectivity index is 2.31. The Hall–Kier alpha value is -3.66. The van der Waals surface area contributed by atoms with Gasteiger partial charge in [-0.15, -0.1) is 0 Å². The third kappa shape index (κ3) is 6.55. The van der Waals surface area contributed by atoms with Gasteiger partial charge in [0.15, 0.2) is 6.10 Å². The number of amides is 3. The van der Waals surface area contributed by atoms with Crippen molar-refractivity contribution in [2.45, 2.75) is 72.3 Å². The number of aliphatic hydroxyl groups excluding tert-OH is 1. The number of nitrogens with zero attached hydrogens (tertiary/aromatic N) is 3. The Morgan fingerprint density at radius 3 is 1.95 bits per heavy atom. The number of hydrogen-bond acceptors (Lipinski definition) is 4. The number of benzene rings is 2. The van der Waals surface area contributed by atoms with E-state index in [4.69, 9.17) is 0 Å². The fourth-order valence-corrected chi connectivity index (χ4v) is 4.76. The molecule has 0 saturated heterocycles. The first-order valence-electron chi connectivity index (χ1n) is 13.1. The van der Waals surface area contributed by atoms with Crippen molar-refractivity contribution >= 4 is 23.4 Å². The lowest BCUT2D eigenvalue weighted by Crippen LogP contribution is -2.65. The SMILES string of the molecule is CC(=O)N(C(Cc1ccccc1)C(O)C(F)(F)F)N1C(=O)C(C(C)C)N(C(=O)C(C)(C)C)C=C1c1ccccc1. The summed E-state index contributed by atoms with van der Waals surface area (Å²) in [6.07, 6.45) is -7.02. The molecule has 1 aliphatic rings. The molecule has 1 N–H and O–H groups in total. The second-order valence-corrected chi connectivity index (χ2v) is 11.3. The summed E-state index contributed by atoms with van der Waals surface area (Å²) in [6, 6.07) is 13.5. The van der Waals surface area contributed by atoms with Gasteiger partial charge in [0.1, 0.15) is 6.04 Å². The average molecular weight is 560 g/mol. The van der Waals surface area contributed by atoms with E-state index in [9.17, 15) is 32.7 Å². The van der Waals surface area contributed by atoms with Gasteiger partial charge in [-0.2, -0.15) is 13.2 Å². The molecule has 3 unspecified atom stereocenters. The van der Waals surface area contributed by atoms with E-state index in [1.165, 1.54) is 11.1 Å². The van der Waals surface area contributed by atoms with Gasteiger partial charge in [0, 0.05) is 24.1 Å². The van der Waals surface area contributed by atoms with Gasteiger partial charge in [0.2, 0.25) is 11.8 Å². The third-order valence-corrected chi connectivity index (χ3v) is 6.67. The maximum Gasteiger partial charge on any atom is 0.416 e. The van der Waals surface area contributed by atoms with Crippen molar-refractivity contribution in [3.63, 3.8) is 0 Å². The van der Waals surface area contributed by atoms with E-state index in [1.54, 1.807) is 95.3 Å². The molecule has 216 valence electrons. The van der Waals surface area contributed by atoms with Gasteiger partial charge in [-0.1, -0.05) is 95.3 Å². The predicted molar refractivity (Wildman–Crippen MR) is 145 cm³/mol. The fourth-order valence-electron chi connectivity index (χ4n) is 4.76. The molecule has 3 amide bonds. The third-order valence-electron chi connectivity index (χ3n) is 6.67. The number of aliphatic hydroxyl groups is 1. The summed E-state index contributed by atoms with van der Waals surface area (Å²) in [7, 11) is 0. The number of carbonyl (C=O) groups excluding carboxylic acids is 3. The fraction of sp³-hybridized carbons (Fsp3) is 0.433. The van der Waals surface area contributed by atoms with E-state index in [0.29, 0.717) is 16.1 Å². The zero-order valence-electron chi connectivity index (χ0n) is 23.5. The van der Waals surface area contributed by atoms with Crippen LogP contribution in [0.25, 0.3) is 5.70 Å². The monoisotopic (exact) mass is 559 g/mol. The highest BCUT2D eigenvalue weighted by atomic mass is 19.4. The van der Waals surface area contributed by atoms with E-state index in [2.05, 4.69) is 0 Å². The summed E-state index contributed by atoms with van der Waals surface area (Å²) in [5.74, 6) is -2.45. The Morgan fingerprint density at radius 1 is 0.975 bits per heavy atom. The molecule has 0 aliphatic carbocycles. The standard InChI is InChI=1S/C30H36F3N3O4/c1-19(2)25-27(39)36(24(22-15-11-8-12-16-22)18-34(25)28(40)29(4,5)6)35(20(3)37)23(26(38)30(31,32)33)17-21-13-9-7-10-14-21/h7-16,18-19,23,25-26,38H,17H2,1-6H3. The van der Waals surface area contributed by atoms with Crippen LogP contribution in [0.15, 0.2) is 66.9 Å². The van der Waals surface area contributed by atoms with E-state index >= 15 is 0 Å². The van der Waals surface area contributed by atoms with Crippen molar-refractivity contribution in [1.29, 1.82) is 0 Å². The summed E-state index contributed by atoms with van der Waals surface area (Å²) in [5.41, 5.74) is -0.00312. The summed E-state index contributed by atoms with van der Waals surface area (Å²) in [4.78, 5) is 42.4. The quantitative estimate of drug-likeness (QED) is 0.517. The lowest BCUT2D eigenvalue weighted by molar-refractivity contribution is -0.232. The number of halogens is 3. The Morgan fingerprint density at radius 2 is 1.50 bits per heavy atom. The van der Waals surface area contributed by atoms with Crippen LogP contribution in [0.2, 0.25) is 0 Å². The van der Waals surface area contributed by atoms with Crippen molar-refractivity contribution in [2.24, 2.45) is 11.3 Å². The van der Waals surface area contributed by atoms with Gasteiger partial charge in [-0.05, 0) is 17.9 Å². The van der Waals surface area contributed by atoms with Crippen LogP contribution in [0.1, 0.15) is 52.7 Å². The van der Waals surface area contributed by atoms with Crippen LogP contribution in [0.3, 0.4) is 0 Å². The lowest BCUT2D eigenvalue weighted by Gasteiger charge is -2.48. The van der Waals surface area contributed by atoms with Crippen LogP contribution < -0.4 is 0 Å². The van der Waals surface area contributed by atoms with E-state index in [-0.39, 0.29) is 18.0 Å². The molecule has 3 atom stereocenters. The van der Waals surface area contributed by atoms with Crippen LogP contribution in [0, 0.1) is 11.3 Å². The molecule has 0 bridgehead atoms. The molecule has 10 heteroatoms. The lowest BCUT2D eigenvalue weighted by atomic mass is 9.90. The van der Waals surface area contributed by atoms with Crippen LogP contribution in [0.5, 0.6) is 0 Å². The minimum Gasteiger partial charge on any atom is -0.382 e. The maximum absolute atomic E-state index is 14.3. The van der Waals surface area contributed by atoms with Crippen molar-refractivity contribution in [1.82, 2.24) is 14.9 Å². The average Bonchev–Trinajstić information content (AvgIpc) is 2.87. The summed E-state index contributed by atoms with van der Waals surface area (Å²) in [5, 5.41) is 12.2. The molecule has 1 heterocycles. The second-order valence-electron chi connectivity index (χ2n) is 11.3. The van der Waals surface area contributed by atoms with Crippen molar-refractivity contribution in [3.05, 3.63) is 78.0 Å². The molecule has 40 heavy (non-hydrogen) atoms. The first-order chi connectivity index (χ1) is 18.6. The molecule has 3 rings (SSSR count). The molecule has 0 spiro atoms. The van der Waals surface area contributed by atoms with Gasteiger partial charge in [-0.3, -0.25) is 14.4 Å². The Labute approximate surface area is 232 Å². The van der Waals surface area contributed by atoms with E-state index < -0.39 is 47.5 Å². The number of rotatable bonds is 7. The van der Waals surface area contributed by atoms with Crippen molar-refractivity contribution in [2.75, 3.05) is 0 Å². The van der Waals surface area contributed by atoms with E-state index in [0.717, 1.165) is 11.9 Å². The van der Waals surface area contributed by atoms with Gasteiger partial charge >= 0.3 is 6.18 Å². The van der Waals surface area contributed by atoms with Crippen LogP contribution in [0.4, 0.5) is 13.2 Å². The van der Waals surface area contributed by atoms with Crippen molar-refractivity contribution in [3.8, 4) is 0 Å². The highest BCUT2D eigenvalue weighted by Crippen LogP contribution is 2.37. The molecule has 7 nitrogen and oxygen atoms in total. The minimum absolute atomic E-state index is 0.0442. The van der Waals surface area contributed by atoms with Crippen LogP contribution in [-0.2, 0) is 20.8 Å². The maximum atomic E-state index is 14.3. The smallest absolute Gasteiger partial charge is 0.382 e. The Bertz CT molecular complexity index is 1240. The minimum atomic E-state index is -5.09. The first-order valence-corrected chi connectivity index (χ1v) is 13.1. The molecule has 2 aromatic rings. The zero-order valence-corrected chi connectivity index (χ0v) is 23.5. The zero-order chi connectivity index (χ0) is 30.0. The van der Waals surface area contributed by atoms with Gasteiger partial charge in [0.25, 0.3) is 5.91 Å². The largest absolute Gasteiger partial charge is 0.416 e.